The molecule has 0 radical (unpaired) electrons. The lowest BCUT2D eigenvalue weighted by molar-refractivity contribution is -0.150. The predicted molar refractivity (Wildman–Crippen MR) is 75.1 cm³/mol. The van der Waals surface area contributed by atoms with Crippen LogP contribution in [0.25, 0.3) is 0 Å². The van der Waals surface area contributed by atoms with Crippen molar-refractivity contribution in [2.45, 2.75) is 24.9 Å². The number of carbonyl (C=O) groups excluding carboxylic acids is 1. The summed E-state index contributed by atoms with van der Waals surface area (Å²) in [5.74, 6) is -1.69. The quantitative estimate of drug-likeness (QED) is 0.913. The van der Waals surface area contributed by atoms with Gasteiger partial charge in [0, 0.05) is 23.9 Å². The maximum absolute atomic E-state index is 13.9. The van der Waals surface area contributed by atoms with Crippen LogP contribution in [0.1, 0.15) is 18.4 Å². The summed E-state index contributed by atoms with van der Waals surface area (Å²) in [6.07, 6.45) is 0.657. The first-order valence-corrected chi connectivity index (χ1v) is 7.15. The van der Waals surface area contributed by atoms with Crippen molar-refractivity contribution in [1.82, 2.24) is 4.90 Å². The molecule has 1 aromatic rings. The van der Waals surface area contributed by atoms with Crippen molar-refractivity contribution in [3.63, 3.8) is 0 Å². The van der Waals surface area contributed by atoms with Crippen molar-refractivity contribution < 1.29 is 19.1 Å². The minimum atomic E-state index is -2.29. The van der Waals surface area contributed by atoms with Crippen molar-refractivity contribution in [2.75, 3.05) is 13.1 Å². The van der Waals surface area contributed by atoms with E-state index in [1.807, 2.05) is 24.3 Å². The van der Waals surface area contributed by atoms with Crippen LogP contribution >= 0.6 is 15.9 Å². The number of aliphatic carboxylic acids is 1. The van der Waals surface area contributed by atoms with Gasteiger partial charge in [-0.05, 0) is 18.1 Å². The van der Waals surface area contributed by atoms with E-state index in [0.29, 0.717) is 6.42 Å². The van der Waals surface area contributed by atoms with E-state index in [-0.39, 0.29) is 31.8 Å². The first-order chi connectivity index (χ1) is 9.42. The zero-order valence-corrected chi connectivity index (χ0v) is 12.4. The number of rotatable bonds is 4. The van der Waals surface area contributed by atoms with Gasteiger partial charge in [-0.3, -0.25) is 4.79 Å². The van der Waals surface area contributed by atoms with Gasteiger partial charge in [0.25, 0.3) is 0 Å². The van der Waals surface area contributed by atoms with Crippen LogP contribution in [-0.2, 0) is 16.0 Å². The van der Waals surface area contributed by atoms with Gasteiger partial charge < -0.3 is 10.0 Å². The molecule has 1 fully saturated rings. The summed E-state index contributed by atoms with van der Waals surface area (Å²) in [5, 5.41) is 8.80. The van der Waals surface area contributed by atoms with Crippen molar-refractivity contribution in [3.05, 3.63) is 34.3 Å². The highest BCUT2D eigenvalue weighted by atomic mass is 79.9. The van der Waals surface area contributed by atoms with Gasteiger partial charge in [0.2, 0.25) is 11.6 Å². The molecule has 1 N–H and O–H groups in total. The molecule has 1 atom stereocenters. The van der Waals surface area contributed by atoms with Gasteiger partial charge in [-0.15, -0.1) is 0 Å². The summed E-state index contributed by atoms with van der Waals surface area (Å²) < 4.78 is 14.8. The lowest BCUT2D eigenvalue weighted by Crippen LogP contribution is -2.38. The monoisotopic (exact) mass is 343 g/mol. The number of benzene rings is 1. The van der Waals surface area contributed by atoms with Gasteiger partial charge in [0.15, 0.2) is 0 Å². The lowest BCUT2D eigenvalue weighted by Gasteiger charge is -2.17. The van der Waals surface area contributed by atoms with Gasteiger partial charge >= 0.3 is 5.97 Å². The van der Waals surface area contributed by atoms with Crippen LogP contribution in [0.15, 0.2) is 28.7 Å². The topological polar surface area (TPSA) is 57.6 Å². The average molecular weight is 344 g/mol. The highest BCUT2D eigenvalue weighted by Gasteiger charge is 2.46. The number of alkyl halides is 1. The zero-order valence-electron chi connectivity index (χ0n) is 10.8. The van der Waals surface area contributed by atoms with E-state index in [2.05, 4.69) is 15.9 Å². The summed E-state index contributed by atoms with van der Waals surface area (Å²) in [6, 6.07) is 7.59. The Morgan fingerprint density at radius 1 is 1.40 bits per heavy atom. The number of hydrogen-bond acceptors (Lipinski definition) is 2. The van der Waals surface area contributed by atoms with Gasteiger partial charge in [-0.2, -0.15) is 0 Å². The first-order valence-electron chi connectivity index (χ1n) is 6.36. The Morgan fingerprint density at radius 3 is 2.70 bits per heavy atom. The van der Waals surface area contributed by atoms with Crippen molar-refractivity contribution >= 4 is 27.8 Å². The molecule has 20 heavy (non-hydrogen) atoms. The van der Waals surface area contributed by atoms with E-state index in [1.165, 1.54) is 4.90 Å². The van der Waals surface area contributed by atoms with Gasteiger partial charge in [-0.1, -0.05) is 34.1 Å². The molecule has 108 valence electrons. The summed E-state index contributed by atoms with van der Waals surface area (Å²) >= 11 is 3.40. The van der Waals surface area contributed by atoms with E-state index in [4.69, 9.17) is 5.11 Å². The van der Waals surface area contributed by atoms with Crippen LogP contribution in [0.4, 0.5) is 4.39 Å². The second-order valence-electron chi connectivity index (χ2n) is 4.93. The normalized spacial score (nSPS) is 22.0. The standard InChI is InChI=1S/C14H15BrFNO3/c15-11-4-2-1-3-10(11)5-6-12(18)17-8-7-14(16,9-17)13(19)20/h1-4H,5-9H2,(H,19,20). The molecule has 1 unspecified atom stereocenters. The average Bonchev–Trinajstić information content (AvgIpc) is 2.82. The minimum Gasteiger partial charge on any atom is -0.479 e. The number of halogens is 2. The fraction of sp³-hybridized carbons (Fsp3) is 0.429. The third-order valence-corrected chi connectivity index (χ3v) is 4.30. The molecule has 1 aliphatic heterocycles. The van der Waals surface area contributed by atoms with Crippen molar-refractivity contribution in [2.24, 2.45) is 0 Å². The third-order valence-electron chi connectivity index (χ3n) is 3.52. The van der Waals surface area contributed by atoms with E-state index >= 15 is 0 Å². The largest absolute Gasteiger partial charge is 0.479 e. The summed E-state index contributed by atoms with van der Waals surface area (Å²) in [6.45, 7) is -0.186. The van der Waals surface area contributed by atoms with Gasteiger partial charge in [-0.25, -0.2) is 9.18 Å². The molecule has 1 saturated heterocycles. The second-order valence-corrected chi connectivity index (χ2v) is 5.78. The molecule has 1 aromatic carbocycles. The Balaban J connectivity index is 1.91. The molecule has 2 rings (SSSR count). The van der Waals surface area contributed by atoms with Crippen LogP contribution in [0, 0.1) is 0 Å². The lowest BCUT2D eigenvalue weighted by atomic mass is 10.1. The van der Waals surface area contributed by atoms with Crippen molar-refractivity contribution in [3.8, 4) is 0 Å². The summed E-state index contributed by atoms with van der Waals surface area (Å²) in [7, 11) is 0. The molecule has 0 aliphatic carbocycles. The number of likely N-dealkylation sites (tertiary alicyclic amines) is 1. The van der Waals surface area contributed by atoms with E-state index in [0.717, 1.165) is 10.0 Å². The maximum atomic E-state index is 13.9. The predicted octanol–water partition coefficient (Wildman–Crippen LogP) is 2.41. The zero-order chi connectivity index (χ0) is 14.8. The Labute approximate surface area is 124 Å². The number of hydrogen-bond donors (Lipinski definition) is 1. The van der Waals surface area contributed by atoms with Gasteiger partial charge in [0.05, 0.1) is 6.54 Å². The second kappa shape index (κ2) is 5.91. The molecule has 0 bridgehead atoms. The number of nitrogens with zero attached hydrogens (tertiary/aromatic N) is 1. The smallest absolute Gasteiger partial charge is 0.343 e. The Kier molecular flexibility index (Phi) is 4.42. The Hall–Kier alpha value is -1.43. The molecule has 1 heterocycles. The van der Waals surface area contributed by atoms with Crippen LogP contribution in [0.5, 0.6) is 0 Å². The summed E-state index contributed by atoms with van der Waals surface area (Å²) in [5.41, 5.74) is -1.28. The van der Waals surface area contributed by atoms with E-state index in [1.54, 1.807) is 0 Å². The fourth-order valence-corrected chi connectivity index (χ4v) is 2.74. The number of carboxylic acids is 1. The van der Waals surface area contributed by atoms with Crippen LogP contribution in [0.3, 0.4) is 0 Å². The molecule has 6 heteroatoms. The van der Waals surface area contributed by atoms with Crippen LogP contribution in [0.2, 0.25) is 0 Å². The SMILES string of the molecule is O=C(CCc1ccccc1Br)N1CCC(F)(C(=O)O)C1. The van der Waals surface area contributed by atoms with E-state index < -0.39 is 11.6 Å². The number of amides is 1. The number of carboxylic acid groups (broad SMARTS) is 1. The molecule has 0 spiro atoms. The fourth-order valence-electron chi connectivity index (χ4n) is 2.26. The molecule has 1 amide bonds. The molecule has 1 aliphatic rings. The Bertz CT molecular complexity index is 537. The molecular weight excluding hydrogens is 329 g/mol. The number of aryl methyl sites for hydroxylation is 1. The first kappa shape index (κ1) is 15.0. The maximum Gasteiger partial charge on any atom is 0.343 e. The molecule has 0 aromatic heterocycles. The molecular formula is C14H15BrFNO3. The van der Waals surface area contributed by atoms with Gasteiger partial charge in [0.1, 0.15) is 0 Å². The van der Waals surface area contributed by atoms with E-state index in [9.17, 15) is 14.0 Å². The molecule has 4 nitrogen and oxygen atoms in total. The highest BCUT2D eigenvalue weighted by molar-refractivity contribution is 9.10. The molecule has 0 saturated carbocycles. The van der Waals surface area contributed by atoms with Crippen LogP contribution in [-0.4, -0.2) is 40.6 Å². The Morgan fingerprint density at radius 2 is 2.10 bits per heavy atom. The third kappa shape index (κ3) is 3.17. The number of carbonyl (C=O) groups is 2. The van der Waals surface area contributed by atoms with Crippen molar-refractivity contribution in [1.29, 1.82) is 0 Å². The minimum absolute atomic E-state index is 0.136. The highest BCUT2D eigenvalue weighted by Crippen LogP contribution is 2.27. The van der Waals surface area contributed by atoms with Crippen LogP contribution < -0.4 is 0 Å². The summed E-state index contributed by atoms with van der Waals surface area (Å²) in [4.78, 5) is 24.1.